The van der Waals surface area contributed by atoms with Gasteiger partial charge in [0.15, 0.2) is 0 Å². The number of imidazole rings is 1. The van der Waals surface area contributed by atoms with Crippen LogP contribution < -0.4 is 5.32 Å². The monoisotopic (exact) mass is 689 g/mol. The highest BCUT2D eigenvalue weighted by Gasteiger charge is 2.45. The molecule has 9 aromatic rings. The lowest BCUT2D eigenvalue weighted by atomic mass is 9.63. The lowest BCUT2D eigenvalue weighted by Gasteiger charge is -2.38. The van der Waals surface area contributed by atoms with E-state index < -0.39 is 5.41 Å². The van der Waals surface area contributed by atoms with Crippen molar-refractivity contribution in [2.45, 2.75) is 11.5 Å². The largest absolute Gasteiger partial charge is 0.374 e. The Balaban J connectivity index is 1.19. The molecule has 1 aromatic heterocycles. The first-order valence-electron chi connectivity index (χ1n) is 18.7. The van der Waals surface area contributed by atoms with Crippen LogP contribution in [0.2, 0.25) is 0 Å². The van der Waals surface area contributed by atoms with Crippen LogP contribution in [-0.4, -0.2) is 9.55 Å². The van der Waals surface area contributed by atoms with Crippen molar-refractivity contribution < 1.29 is 0 Å². The SMILES string of the molecule is c1ccc(C2(c3ccccc3)c3ccccc3-c3nc4ccccc4n3-c3ccc(-c4cccc(C5Nc6ccccc6-c6ccccc65)c4)cc32)cc1. The van der Waals surface area contributed by atoms with E-state index in [0.717, 1.165) is 33.8 Å². The molecular formula is C51H35N3. The highest BCUT2D eigenvalue weighted by Crippen LogP contribution is 2.54. The maximum Gasteiger partial charge on any atom is 0.146 e. The van der Waals surface area contributed by atoms with E-state index in [9.17, 15) is 0 Å². The fraction of sp³-hybridized carbons (Fsp3) is 0.0392. The molecule has 3 heterocycles. The number of hydrogen-bond acceptors (Lipinski definition) is 2. The highest BCUT2D eigenvalue weighted by atomic mass is 15.1. The van der Waals surface area contributed by atoms with E-state index in [1.807, 2.05) is 0 Å². The van der Waals surface area contributed by atoms with Gasteiger partial charge in [-0.05, 0) is 86.5 Å². The van der Waals surface area contributed by atoms with Gasteiger partial charge in [-0.15, -0.1) is 0 Å². The molecular weight excluding hydrogens is 655 g/mol. The van der Waals surface area contributed by atoms with Crippen LogP contribution in [0.15, 0.2) is 200 Å². The molecule has 8 aromatic carbocycles. The number of aromatic nitrogens is 2. The molecule has 1 atom stereocenters. The number of nitrogens with one attached hydrogen (secondary N) is 1. The maximum absolute atomic E-state index is 5.34. The van der Waals surface area contributed by atoms with E-state index in [1.165, 1.54) is 55.6 Å². The van der Waals surface area contributed by atoms with Gasteiger partial charge in [-0.2, -0.15) is 0 Å². The summed E-state index contributed by atoms with van der Waals surface area (Å²) in [5.41, 5.74) is 17.1. The van der Waals surface area contributed by atoms with Crippen LogP contribution in [0.25, 0.3) is 50.4 Å². The fourth-order valence-corrected chi connectivity index (χ4v) is 9.21. The lowest BCUT2D eigenvalue weighted by molar-refractivity contribution is 0.747. The van der Waals surface area contributed by atoms with Gasteiger partial charge in [0.25, 0.3) is 0 Å². The summed E-state index contributed by atoms with van der Waals surface area (Å²) in [6.07, 6.45) is 0. The molecule has 0 aliphatic carbocycles. The molecule has 1 unspecified atom stereocenters. The van der Waals surface area contributed by atoms with Gasteiger partial charge in [0.1, 0.15) is 5.82 Å². The van der Waals surface area contributed by atoms with Crippen molar-refractivity contribution in [2.75, 3.05) is 5.32 Å². The van der Waals surface area contributed by atoms with Crippen molar-refractivity contribution in [1.29, 1.82) is 0 Å². The average molecular weight is 690 g/mol. The van der Waals surface area contributed by atoms with Gasteiger partial charge in [-0.25, -0.2) is 4.98 Å². The van der Waals surface area contributed by atoms with Crippen LogP contribution in [0.1, 0.15) is 39.4 Å². The summed E-state index contributed by atoms with van der Waals surface area (Å²) in [7, 11) is 0. The van der Waals surface area contributed by atoms with E-state index in [4.69, 9.17) is 4.98 Å². The van der Waals surface area contributed by atoms with Crippen LogP contribution >= 0.6 is 0 Å². The van der Waals surface area contributed by atoms with Crippen molar-refractivity contribution in [2.24, 2.45) is 0 Å². The molecule has 54 heavy (non-hydrogen) atoms. The Labute approximate surface area is 314 Å². The van der Waals surface area contributed by atoms with Crippen LogP contribution in [-0.2, 0) is 5.41 Å². The zero-order valence-corrected chi connectivity index (χ0v) is 29.5. The van der Waals surface area contributed by atoms with Crippen LogP contribution in [0.3, 0.4) is 0 Å². The van der Waals surface area contributed by atoms with Crippen molar-refractivity contribution in [3.8, 4) is 39.3 Å². The van der Waals surface area contributed by atoms with Gasteiger partial charge in [-0.3, -0.25) is 4.57 Å². The summed E-state index contributed by atoms with van der Waals surface area (Å²) >= 11 is 0. The molecule has 2 aliphatic rings. The first-order valence-corrected chi connectivity index (χ1v) is 18.7. The summed E-state index contributed by atoms with van der Waals surface area (Å²) in [6.45, 7) is 0. The zero-order valence-electron chi connectivity index (χ0n) is 29.5. The molecule has 0 saturated heterocycles. The lowest BCUT2D eigenvalue weighted by Crippen LogP contribution is -2.32. The van der Waals surface area contributed by atoms with Gasteiger partial charge in [0.05, 0.1) is 28.2 Å². The topological polar surface area (TPSA) is 29.9 Å². The molecule has 254 valence electrons. The van der Waals surface area contributed by atoms with Crippen molar-refractivity contribution in [1.82, 2.24) is 9.55 Å². The predicted octanol–water partition coefficient (Wildman–Crippen LogP) is 12.2. The number of nitrogens with zero attached hydrogens (tertiary/aromatic N) is 2. The fourth-order valence-electron chi connectivity index (χ4n) is 9.21. The first-order chi connectivity index (χ1) is 26.8. The Kier molecular flexibility index (Phi) is 6.83. The molecule has 0 amide bonds. The van der Waals surface area contributed by atoms with Gasteiger partial charge in [0.2, 0.25) is 0 Å². The number of rotatable bonds is 4. The Hall–Kier alpha value is -6.97. The number of fused-ring (bicyclic) bond motifs is 10. The molecule has 2 aliphatic heterocycles. The van der Waals surface area contributed by atoms with E-state index in [1.54, 1.807) is 0 Å². The molecule has 1 N–H and O–H groups in total. The van der Waals surface area contributed by atoms with Crippen molar-refractivity contribution in [3.63, 3.8) is 0 Å². The summed E-state index contributed by atoms with van der Waals surface area (Å²) in [4.78, 5) is 5.34. The minimum atomic E-state index is -0.641. The number of para-hydroxylation sites is 3. The number of hydrogen-bond donors (Lipinski definition) is 1. The number of benzene rings is 8. The van der Waals surface area contributed by atoms with Crippen molar-refractivity contribution >= 4 is 16.7 Å². The third-order valence-corrected chi connectivity index (χ3v) is 11.5. The minimum absolute atomic E-state index is 0.0244. The average Bonchev–Trinajstić information content (AvgIpc) is 3.60. The van der Waals surface area contributed by atoms with Gasteiger partial charge in [-0.1, -0.05) is 164 Å². The second kappa shape index (κ2) is 12.0. The Morgan fingerprint density at radius 3 is 1.94 bits per heavy atom. The maximum atomic E-state index is 5.34. The predicted molar refractivity (Wildman–Crippen MR) is 221 cm³/mol. The van der Waals surface area contributed by atoms with Crippen LogP contribution in [0.4, 0.5) is 5.69 Å². The normalized spacial score (nSPS) is 14.8. The Morgan fingerprint density at radius 2 is 1.13 bits per heavy atom. The summed E-state index contributed by atoms with van der Waals surface area (Å²) < 4.78 is 2.39. The van der Waals surface area contributed by atoms with Gasteiger partial charge in [0, 0.05) is 16.8 Å². The number of anilines is 1. The smallest absolute Gasteiger partial charge is 0.146 e. The molecule has 0 radical (unpaired) electrons. The van der Waals surface area contributed by atoms with Crippen LogP contribution in [0, 0.1) is 0 Å². The quantitative estimate of drug-likeness (QED) is 0.199. The molecule has 11 rings (SSSR count). The van der Waals surface area contributed by atoms with E-state index in [0.29, 0.717) is 0 Å². The molecule has 0 spiro atoms. The summed E-state index contributed by atoms with van der Waals surface area (Å²) in [5.74, 6) is 0.957. The van der Waals surface area contributed by atoms with Gasteiger partial charge >= 0.3 is 0 Å². The second-order valence-corrected chi connectivity index (χ2v) is 14.4. The molecule has 0 saturated carbocycles. The highest BCUT2D eigenvalue weighted by molar-refractivity contribution is 5.89. The second-order valence-electron chi connectivity index (χ2n) is 14.4. The van der Waals surface area contributed by atoms with Gasteiger partial charge < -0.3 is 5.32 Å². The van der Waals surface area contributed by atoms with E-state index in [-0.39, 0.29) is 6.04 Å². The molecule has 0 bridgehead atoms. The molecule has 3 nitrogen and oxygen atoms in total. The standard InChI is InChI=1S/C51H35N3/c1-3-18-37(19-4-1)51(38-20-5-2-6-21-38)43-26-11-9-25-42(43)50-53-46-28-13-14-29-48(46)54(50)47-31-30-35(33-44(47)51)34-16-15-17-36(32-34)49-41-24-8-7-22-39(41)40-23-10-12-27-45(40)52-49/h1-33,49,52H. The van der Waals surface area contributed by atoms with E-state index in [2.05, 4.69) is 210 Å². The molecule has 0 fully saturated rings. The summed E-state index contributed by atoms with van der Waals surface area (Å²) in [6, 6.07) is 73.1. The first kappa shape index (κ1) is 30.6. The molecule has 3 heteroatoms. The minimum Gasteiger partial charge on any atom is -0.374 e. The Bertz CT molecular complexity index is 2830. The van der Waals surface area contributed by atoms with Crippen molar-refractivity contribution in [3.05, 3.63) is 234 Å². The summed E-state index contributed by atoms with van der Waals surface area (Å²) in [5, 5.41) is 3.89. The van der Waals surface area contributed by atoms with E-state index >= 15 is 0 Å². The zero-order chi connectivity index (χ0) is 35.6. The third kappa shape index (κ3) is 4.45. The third-order valence-electron chi connectivity index (χ3n) is 11.5. The Morgan fingerprint density at radius 1 is 0.481 bits per heavy atom. The van der Waals surface area contributed by atoms with Crippen LogP contribution in [0.5, 0.6) is 0 Å².